The van der Waals surface area contributed by atoms with E-state index >= 15 is 0 Å². The van der Waals surface area contributed by atoms with Crippen LogP contribution >= 0.6 is 0 Å². The van der Waals surface area contributed by atoms with Gasteiger partial charge in [-0.3, -0.25) is 4.79 Å². The Morgan fingerprint density at radius 3 is 2.78 bits per heavy atom. The average Bonchev–Trinajstić information content (AvgIpc) is 2.77. The van der Waals surface area contributed by atoms with E-state index in [0.717, 1.165) is 22.4 Å². The van der Waals surface area contributed by atoms with Crippen LogP contribution in [0.2, 0.25) is 0 Å². The molecule has 0 aliphatic heterocycles. The average molecular weight is 244 g/mol. The van der Waals surface area contributed by atoms with Crippen LogP contribution in [-0.2, 0) is 6.54 Å². The third-order valence-electron chi connectivity index (χ3n) is 3.00. The first-order chi connectivity index (χ1) is 8.59. The van der Waals surface area contributed by atoms with Gasteiger partial charge in [0.05, 0.1) is 6.26 Å². The normalized spacial score (nSPS) is 10.3. The van der Waals surface area contributed by atoms with Gasteiger partial charge >= 0.3 is 0 Å². The molecule has 0 atom stereocenters. The van der Waals surface area contributed by atoms with Gasteiger partial charge in [0.15, 0.2) is 5.76 Å². The van der Waals surface area contributed by atoms with Gasteiger partial charge in [-0.2, -0.15) is 0 Å². The zero-order valence-electron chi connectivity index (χ0n) is 10.5. The van der Waals surface area contributed by atoms with Gasteiger partial charge in [0.1, 0.15) is 0 Å². The summed E-state index contributed by atoms with van der Waals surface area (Å²) < 4.78 is 5.13. The Bertz CT molecular complexity index is 573. The Morgan fingerprint density at radius 1 is 1.33 bits per heavy atom. The highest BCUT2D eigenvalue weighted by molar-refractivity contribution is 5.92. The molecular formula is C14H16N2O2. The van der Waals surface area contributed by atoms with Gasteiger partial charge in [0, 0.05) is 17.8 Å². The number of rotatable bonds is 3. The molecule has 2 rings (SSSR count). The smallest absolute Gasteiger partial charge is 0.287 e. The number of amides is 1. The Labute approximate surface area is 106 Å². The predicted octanol–water partition coefficient (Wildman–Crippen LogP) is 2.41. The number of nitrogens with one attached hydrogen (secondary N) is 1. The van der Waals surface area contributed by atoms with E-state index < -0.39 is 0 Å². The lowest BCUT2D eigenvalue weighted by Gasteiger charge is -2.09. The number of anilines is 1. The molecule has 0 aliphatic rings. The Balaban J connectivity index is 2.06. The largest absolute Gasteiger partial charge is 0.459 e. The second-order valence-corrected chi connectivity index (χ2v) is 4.25. The fraction of sp³-hybridized carbons (Fsp3) is 0.214. The van der Waals surface area contributed by atoms with Gasteiger partial charge in [-0.05, 0) is 37.1 Å². The predicted molar refractivity (Wildman–Crippen MR) is 70.2 cm³/mol. The molecule has 1 heterocycles. The fourth-order valence-electron chi connectivity index (χ4n) is 1.76. The first kappa shape index (κ1) is 12.2. The highest BCUT2D eigenvalue weighted by atomic mass is 16.3. The monoisotopic (exact) mass is 244 g/mol. The highest BCUT2D eigenvalue weighted by Gasteiger charge is 2.12. The second kappa shape index (κ2) is 4.96. The molecule has 0 spiro atoms. The topological polar surface area (TPSA) is 68.3 Å². The molecule has 0 aliphatic carbocycles. The van der Waals surface area contributed by atoms with Crippen LogP contribution in [0.3, 0.4) is 0 Å². The van der Waals surface area contributed by atoms with Gasteiger partial charge in [0.25, 0.3) is 5.91 Å². The maximum atomic E-state index is 11.9. The maximum absolute atomic E-state index is 11.9. The van der Waals surface area contributed by atoms with Crippen LogP contribution in [0.1, 0.15) is 27.2 Å². The Hall–Kier alpha value is -2.23. The van der Waals surface area contributed by atoms with Crippen LogP contribution < -0.4 is 11.1 Å². The van der Waals surface area contributed by atoms with Crippen molar-refractivity contribution in [3.8, 4) is 0 Å². The van der Waals surface area contributed by atoms with Crippen molar-refractivity contribution in [2.75, 3.05) is 5.73 Å². The quantitative estimate of drug-likeness (QED) is 0.815. The van der Waals surface area contributed by atoms with Gasteiger partial charge in [0.2, 0.25) is 0 Å². The summed E-state index contributed by atoms with van der Waals surface area (Å²) in [5, 5.41) is 2.82. The van der Waals surface area contributed by atoms with Gasteiger partial charge in [-0.15, -0.1) is 0 Å². The number of aryl methyl sites for hydroxylation is 1. The first-order valence-electron chi connectivity index (χ1n) is 5.76. The van der Waals surface area contributed by atoms with Gasteiger partial charge in [-0.25, -0.2) is 0 Å². The molecule has 3 N–H and O–H groups in total. The first-order valence-corrected chi connectivity index (χ1v) is 5.76. The molecular weight excluding hydrogens is 228 g/mol. The molecule has 0 bridgehead atoms. The van der Waals surface area contributed by atoms with Crippen LogP contribution in [0.4, 0.5) is 5.69 Å². The summed E-state index contributed by atoms with van der Waals surface area (Å²) in [5.74, 6) is 0.149. The molecule has 0 fully saturated rings. The lowest BCUT2D eigenvalue weighted by Crippen LogP contribution is -2.23. The van der Waals surface area contributed by atoms with E-state index in [1.165, 1.54) is 6.26 Å². The summed E-state index contributed by atoms with van der Waals surface area (Å²) >= 11 is 0. The van der Waals surface area contributed by atoms with E-state index in [2.05, 4.69) is 5.32 Å². The van der Waals surface area contributed by atoms with Crippen molar-refractivity contribution in [3.05, 3.63) is 53.0 Å². The molecule has 94 valence electrons. The SMILES string of the molecule is Cc1ccoc1C(=O)NCc1cccc(N)c1C. The minimum absolute atomic E-state index is 0.209. The van der Waals surface area contributed by atoms with Crippen LogP contribution in [-0.4, -0.2) is 5.91 Å². The van der Waals surface area contributed by atoms with Crippen molar-refractivity contribution in [1.29, 1.82) is 0 Å². The minimum Gasteiger partial charge on any atom is -0.459 e. The number of benzene rings is 1. The lowest BCUT2D eigenvalue weighted by molar-refractivity contribution is 0.0922. The standard InChI is InChI=1S/C14H16N2O2/c1-9-6-7-18-13(9)14(17)16-8-11-4-3-5-12(15)10(11)2/h3-7H,8,15H2,1-2H3,(H,16,17). The minimum atomic E-state index is -0.209. The molecule has 0 unspecified atom stereocenters. The molecule has 0 saturated carbocycles. The van der Waals surface area contributed by atoms with E-state index in [4.69, 9.17) is 10.2 Å². The number of carbonyl (C=O) groups is 1. The molecule has 4 heteroatoms. The van der Waals surface area contributed by atoms with E-state index in [1.807, 2.05) is 32.0 Å². The second-order valence-electron chi connectivity index (χ2n) is 4.25. The fourth-order valence-corrected chi connectivity index (χ4v) is 1.76. The van der Waals surface area contributed by atoms with Crippen LogP contribution in [0.15, 0.2) is 34.9 Å². The van der Waals surface area contributed by atoms with Gasteiger partial charge in [-0.1, -0.05) is 12.1 Å². The maximum Gasteiger partial charge on any atom is 0.287 e. The third-order valence-corrected chi connectivity index (χ3v) is 3.00. The number of nitrogens with two attached hydrogens (primary N) is 1. The van der Waals surface area contributed by atoms with Crippen molar-refractivity contribution >= 4 is 11.6 Å². The summed E-state index contributed by atoms with van der Waals surface area (Å²) in [6, 6.07) is 7.43. The summed E-state index contributed by atoms with van der Waals surface area (Å²) in [5.41, 5.74) is 9.38. The van der Waals surface area contributed by atoms with E-state index in [-0.39, 0.29) is 5.91 Å². The number of hydrogen-bond donors (Lipinski definition) is 2. The molecule has 1 aromatic heterocycles. The van der Waals surface area contributed by atoms with Crippen molar-refractivity contribution in [2.24, 2.45) is 0 Å². The molecule has 0 saturated heterocycles. The molecule has 1 amide bonds. The Kier molecular flexibility index (Phi) is 3.37. The molecule has 0 radical (unpaired) electrons. The molecule has 18 heavy (non-hydrogen) atoms. The molecule has 1 aromatic carbocycles. The van der Waals surface area contributed by atoms with Crippen molar-refractivity contribution in [3.63, 3.8) is 0 Å². The third kappa shape index (κ3) is 2.37. The van der Waals surface area contributed by atoms with Crippen LogP contribution in [0, 0.1) is 13.8 Å². The summed E-state index contributed by atoms with van der Waals surface area (Å²) in [6.07, 6.45) is 1.51. The summed E-state index contributed by atoms with van der Waals surface area (Å²) in [7, 11) is 0. The zero-order valence-corrected chi connectivity index (χ0v) is 10.5. The molecule has 4 nitrogen and oxygen atoms in total. The van der Waals surface area contributed by atoms with Crippen molar-refractivity contribution in [1.82, 2.24) is 5.32 Å². The number of hydrogen-bond acceptors (Lipinski definition) is 3. The summed E-state index contributed by atoms with van der Waals surface area (Å²) in [4.78, 5) is 11.9. The van der Waals surface area contributed by atoms with Gasteiger partial charge < -0.3 is 15.5 Å². The highest BCUT2D eigenvalue weighted by Crippen LogP contribution is 2.15. The summed E-state index contributed by atoms with van der Waals surface area (Å²) in [6.45, 7) is 4.22. The van der Waals surface area contributed by atoms with E-state index in [9.17, 15) is 4.79 Å². The van der Waals surface area contributed by atoms with Crippen LogP contribution in [0.5, 0.6) is 0 Å². The zero-order chi connectivity index (χ0) is 13.1. The number of furan rings is 1. The van der Waals surface area contributed by atoms with Crippen LogP contribution in [0.25, 0.3) is 0 Å². The van der Waals surface area contributed by atoms with E-state index in [1.54, 1.807) is 6.07 Å². The van der Waals surface area contributed by atoms with Crippen molar-refractivity contribution < 1.29 is 9.21 Å². The number of nitrogen functional groups attached to an aromatic ring is 1. The van der Waals surface area contributed by atoms with Crippen molar-refractivity contribution in [2.45, 2.75) is 20.4 Å². The lowest BCUT2D eigenvalue weighted by atomic mass is 10.1. The van der Waals surface area contributed by atoms with E-state index in [0.29, 0.717) is 12.3 Å². The molecule has 2 aromatic rings. The number of carbonyl (C=O) groups excluding carboxylic acids is 1. The Morgan fingerprint density at radius 2 is 2.11 bits per heavy atom.